The van der Waals surface area contributed by atoms with E-state index in [1.54, 1.807) is 12.1 Å². The molecule has 0 saturated heterocycles. The van der Waals surface area contributed by atoms with Crippen molar-refractivity contribution < 1.29 is 9.13 Å². The van der Waals surface area contributed by atoms with Gasteiger partial charge in [0.1, 0.15) is 11.6 Å². The molecule has 0 bridgehead atoms. The van der Waals surface area contributed by atoms with Crippen molar-refractivity contribution in [2.75, 3.05) is 20.7 Å². The van der Waals surface area contributed by atoms with Crippen molar-refractivity contribution in [2.24, 2.45) is 5.73 Å². The van der Waals surface area contributed by atoms with E-state index in [2.05, 4.69) is 18.7 Å². The standard InChI is InChI=1S/C15H25FN2O/c1-5-15(6-2,11-17)18(3)10-12-7-8-13(19-4)9-14(12)16/h7-9H,5-6,10-11,17H2,1-4H3. The van der Waals surface area contributed by atoms with Gasteiger partial charge in [0.2, 0.25) is 0 Å². The van der Waals surface area contributed by atoms with Crippen molar-refractivity contribution in [2.45, 2.75) is 38.8 Å². The van der Waals surface area contributed by atoms with E-state index in [1.165, 1.54) is 13.2 Å². The lowest BCUT2D eigenvalue weighted by atomic mass is 9.90. The van der Waals surface area contributed by atoms with Crippen molar-refractivity contribution in [3.8, 4) is 5.75 Å². The molecule has 0 radical (unpaired) electrons. The van der Waals surface area contributed by atoms with E-state index < -0.39 is 0 Å². The molecule has 0 atom stereocenters. The number of hydrogen-bond donors (Lipinski definition) is 1. The molecular weight excluding hydrogens is 243 g/mol. The van der Waals surface area contributed by atoms with E-state index in [4.69, 9.17) is 10.5 Å². The Kier molecular flexibility index (Phi) is 5.76. The number of ether oxygens (including phenoxy) is 1. The molecule has 0 aliphatic rings. The minimum Gasteiger partial charge on any atom is -0.497 e. The molecule has 2 N–H and O–H groups in total. The van der Waals surface area contributed by atoms with Crippen molar-refractivity contribution >= 4 is 0 Å². The van der Waals surface area contributed by atoms with Crippen LogP contribution in [0.3, 0.4) is 0 Å². The number of methoxy groups -OCH3 is 1. The number of rotatable bonds is 7. The first kappa shape index (κ1) is 15.9. The Balaban J connectivity index is 2.89. The highest BCUT2D eigenvalue weighted by Crippen LogP contribution is 2.25. The van der Waals surface area contributed by atoms with Gasteiger partial charge in [-0.1, -0.05) is 19.9 Å². The third-order valence-corrected chi connectivity index (χ3v) is 4.17. The zero-order chi connectivity index (χ0) is 14.5. The van der Waals surface area contributed by atoms with Crippen LogP contribution in [0.15, 0.2) is 18.2 Å². The maximum absolute atomic E-state index is 14.0. The van der Waals surface area contributed by atoms with E-state index in [0.717, 1.165) is 12.8 Å². The first-order valence-electron chi connectivity index (χ1n) is 6.76. The van der Waals surface area contributed by atoms with Crippen molar-refractivity contribution in [1.82, 2.24) is 4.90 Å². The molecule has 0 heterocycles. The molecule has 1 aromatic rings. The summed E-state index contributed by atoms with van der Waals surface area (Å²) in [7, 11) is 3.54. The van der Waals surface area contributed by atoms with Crippen LogP contribution in [-0.2, 0) is 6.54 Å². The Morgan fingerprint density at radius 1 is 1.32 bits per heavy atom. The highest BCUT2D eigenvalue weighted by Gasteiger charge is 2.29. The quantitative estimate of drug-likeness (QED) is 0.826. The lowest BCUT2D eigenvalue weighted by molar-refractivity contribution is 0.106. The van der Waals surface area contributed by atoms with Gasteiger partial charge in [-0.05, 0) is 26.0 Å². The van der Waals surface area contributed by atoms with Crippen LogP contribution in [0.1, 0.15) is 32.3 Å². The molecule has 0 fully saturated rings. The summed E-state index contributed by atoms with van der Waals surface area (Å²) >= 11 is 0. The Labute approximate surface area is 115 Å². The van der Waals surface area contributed by atoms with Crippen LogP contribution < -0.4 is 10.5 Å². The molecule has 0 aromatic heterocycles. The summed E-state index contributed by atoms with van der Waals surface area (Å²) < 4.78 is 19.0. The van der Waals surface area contributed by atoms with E-state index in [1.807, 2.05) is 7.05 Å². The van der Waals surface area contributed by atoms with Crippen molar-refractivity contribution in [1.29, 1.82) is 0 Å². The van der Waals surface area contributed by atoms with Gasteiger partial charge in [0, 0.05) is 30.3 Å². The summed E-state index contributed by atoms with van der Waals surface area (Å²) in [5, 5.41) is 0. The maximum Gasteiger partial charge on any atom is 0.131 e. The predicted molar refractivity (Wildman–Crippen MR) is 76.8 cm³/mol. The zero-order valence-electron chi connectivity index (χ0n) is 12.4. The van der Waals surface area contributed by atoms with Gasteiger partial charge in [-0.25, -0.2) is 4.39 Å². The molecule has 108 valence electrons. The fraction of sp³-hybridized carbons (Fsp3) is 0.600. The molecule has 3 nitrogen and oxygen atoms in total. The van der Waals surface area contributed by atoms with Gasteiger partial charge in [-0.15, -0.1) is 0 Å². The van der Waals surface area contributed by atoms with Crippen LogP contribution in [0.25, 0.3) is 0 Å². The molecule has 0 aliphatic heterocycles. The summed E-state index contributed by atoms with van der Waals surface area (Å²) in [6, 6.07) is 4.98. The third kappa shape index (κ3) is 3.45. The van der Waals surface area contributed by atoms with E-state index in [-0.39, 0.29) is 11.4 Å². The van der Waals surface area contributed by atoms with E-state index >= 15 is 0 Å². The van der Waals surface area contributed by atoms with Gasteiger partial charge in [-0.2, -0.15) is 0 Å². The molecule has 1 aromatic carbocycles. The lowest BCUT2D eigenvalue weighted by Crippen LogP contribution is -2.50. The zero-order valence-corrected chi connectivity index (χ0v) is 12.4. The molecule has 0 amide bonds. The Hall–Kier alpha value is -1.13. The number of nitrogens with two attached hydrogens (primary N) is 1. The summed E-state index contributed by atoms with van der Waals surface area (Å²) in [5.74, 6) is 0.310. The summed E-state index contributed by atoms with van der Waals surface area (Å²) in [6.45, 7) is 5.37. The van der Waals surface area contributed by atoms with Crippen molar-refractivity contribution in [3.05, 3.63) is 29.6 Å². The van der Waals surface area contributed by atoms with Crippen LogP contribution in [0.5, 0.6) is 5.75 Å². The Morgan fingerprint density at radius 3 is 2.37 bits per heavy atom. The molecule has 19 heavy (non-hydrogen) atoms. The second-order valence-corrected chi connectivity index (χ2v) is 4.95. The normalized spacial score (nSPS) is 11.9. The van der Waals surface area contributed by atoms with Gasteiger partial charge in [0.05, 0.1) is 7.11 Å². The minimum absolute atomic E-state index is 0.0631. The van der Waals surface area contributed by atoms with Gasteiger partial charge in [0.15, 0.2) is 0 Å². The largest absolute Gasteiger partial charge is 0.497 e. The topological polar surface area (TPSA) is 38.5 Å². The molecule has 0 aliphatic carbocycles. The van der Waals surface area contributed by atoms with Gasteiger partial charge in [0.25, 0.3) is 0 Å². The minimum atomic E-state index is -0.232. The van der Waals surface area contributed by atoms with Gasteiger partial charge in [-0.3, -0.25) is 4.90 Å². The molecule has 0 unspecified atom stereocenters. The van der Waals surface area contributed by atoms with Gasteiger partial charge >= 0.3 is 0 Å². The van der Waals surface area contributed by atoms with Crippen LogP contribution in [0.4, 0.5) is 4.39 Å². The summed E-state index contributed by atoms with van der Waals surface area (Å²) in [5.41, 5.74) is 6.52. The van der Waals surface area contributed by atoms with Crippen LogP contribution >= 0.6 is 0 Å². The number of benzene rings is 1. The highest BCUT2D eigenvalue weighted by molar-refractivity contribution is 5.29. The predicted octanol–water partition coefficient (Wildman–Crippen LogP) is 2.78. The molecule has 1 rings (SSSR count). The molecule has 0 spiro atoms. The number of halogens is 1. The second kappa shape index (κ2) is 6.87. The fourth-order valence-corrected chi connectivity index (χ4v) is 2.44. The Morgan fingerprint density at radius 2 is 1.95 bits per heavy atom. The monoisotopic (exact) mass is 268 g/mol. The first-order valence-corrected chi connectivity index (χ1v) is 6.76. The smallest absolute Gasteiger partial charge is 0.131 e. The van der Waals surface area contributed by atoms with E-state index in [0.29, 0.717) is 24.4 Å². The van der Waals surface area contributed by atoms with Crippen LogP contribution in [0, 0.1) is 5.82 Å². The third-order valence-electron chi connectivity index (χ3n) is 4.17. The average Bonchev–Trinajstić information content (AvgIpc) is 2.43. The lowest BCUT2D eigenvalue weighted by Gasteiger charge is -2.40. The number of hydrogen-bond acceptors (Lipinski definition) is 3. The highest BCUT2D eigenvalue weighted by atomic mass is 19.1. The van der Waals surface area contributed by atoms with Crippen LogP contribution in [-0.4, -0.2) is 31.1 Å². The van der Waals surface area contributed by atoms with E-state index in [9.17, 15) is 4.39 Å². The number of likely N-dealkylation sites (N-methyl/N-ethyl adjacent to an activating group) is 1. The second-order valence-electron chi connectivity index (χ2n) is 4.95. The fourth-order valence-electron chi connectivity index (χ4n) is 2.44. The first-order chi connectivity index (χ1) is 9.02. The summed E-state index contributed by atoms with van der Waals surface area (Å²) in [6.07, 6.45) is 1.91. The average molecular weight is 268 g/mol. The van der Waals surface area contributed by atoms with Gasteiger partial charge < -0.3 is 10.5 Å². The van der Waals surface area contributed by atoms with Crippen molar-refractivity contribution in [3.63, 3.8) is 0 Å². The number of nitrogens with zero attached hydrogens (tertiary/aromatic N) is 1. The molecular formula is C15H25FN2O. The molecule has 4 heteroatoms. The summed E-state index contributed by atoms with van der Waals surface area (Å²) in [4.78, 5) is 2.15. The maximum atomic E-state index is 14.0. The Bertz CT molecular complexity index is 397. The van der Waals surface area contributed by atoms with Crippen LogP contribution in [0.2, 0.25) is 0 Å². The SMILES string of the molecule is CCC(CC)(CN)N(C)Cc1ccc(OC)cc1F. The molecule has 0 saturated carbocycles.